The van der Waals surface area contributed by atoms with Gasteiger partial charge in [0.15, 0.2) is 0 Å². The Labute approximate surface area is 140 Å². The first kappa shape index (κ1) is 14.9. The van der Waals surface area contributed by atoms with Gasteiger partial charge in [-0.25, -0.2) is 9.67 Å². The number of nitrogens with zero attached hydrogens (tertiary/aromatic N) is 4. The van der Waals surface area contributed by atoms with Gasteiger partial charge in [0.1, 0.15) is 11.6 Å². The standard InChI is InChI=1S/C17H22N4OS/c1-11-18-12(2)21(19-11)14-4-3-8-20(10-14)17(22)16-15(7-9-23-16)13-5-6-13/h7,9,13-14H,3-6,8,10H2,1-2H3/t14-/m1/s1. The third-order valence-electron chi connectivity index (χ3n) is 4.84. The Hall–Kier alpha value is -1.69. The molecule has 1 amide bonds. The number of piperidine rings is 1. The molecule has 1 atom stereocenters. The van der Waals surface area contributed by atoms with Crippen molar-refractivity contribution in [2.75, 3.05) is 13.1 Å². The second-order valence-corrected chi connectivity index (χ2v) is 7.59. The van der Waals surface area contributed by atoms with Crippen molar-refractivity contribution in [3.05, 3.63) is 33.5 Å². The van der Waals surface area contributed by atoms with Crippen LogP contribution in [0.2, 0.25) is 0 Å². The highest BCUT2D eigenvalue weighted by molar-refractivity contribution is 7.12. The van der Waals surface area contributed by atoms with E-state index in [0.29, 0.717) is 5.92 Å². The van der Waals surface area contributed by atoms with Crippen LogP contribution in [0.4, 0.5) is 0 Å². The summed E-state index contributed by atoms with van der Waals surface area (Å²) < 4.78 is 2.00. The highest BCUT2D eigenvalue weighted by atomic mass is 32.1. The number of thiophene rings is 1. The number of amides is 1. The summed E-state index contributed by atoms with van der Waals surface area (Å²) in [4.78, 5) is 20.3. The number of hydrogen-bond acceptors (Lipinski definition) is 4. The molecule has 23 heavy (non-hydrogen) atoms. The lowest BCUT2D eigenvalue weighted by atomic mass is 10.0. The van der Waals surface area contributed by atoms with E-state index < -0.39 is 0 Å². The summed E-state index contributed by atoms with van der Waals surface area (Å²) in [5.41, 5.74) is 1.27. The molecule has 2 aromatic rings. The first-order valence-electron chi connectivity index (χ1n) is 8.40. The molecule has 5 nitrogen and oxygen atoms in total. The third-order valence-corrected chi connectivity index (χ3v) is 5.76. The van der Waals surface area contributed by atoms with Crippen molar-refractivity contribution in [3.8, 4) is 0 Å². The molecule has 3 heterocycles. The van der Waals surface area contributed by atoms with Crippen molar-refractivity contribution in [2.24, 2.45) is 0 Å². The molecule has 0 spiro atoms. The Kier molecular flexibility index (Phi) is 3.71. The predicted molar refractivity (Wildman–Crippen MR) is 90.0 cm³/mol. The van der Waals surface area contributed by atoms with E-state index in [9.17, 15) is 4.79 Å². The minimum absolute atomic E-state index is 0.209. The van der Waals surface area contributed by atoms with Crippen molar-refractivity contribution in [2.45, 2.75) is 51.5 Å². The maximum Gasteiger partial charge on any atom is 0.264 e. The summed E-state index contributed by atoms with van der Waals surface area (Å²) >= 11 is 1.60. The molecule has 6 heteroatoms. The molecule has 0 N–H and O–H groups in total. The van der Waals surface area contributed by atoms with Gasteiger partial charge in [-0.2, -0.15) is 5.10 Å². The molecule has 2 aromatic heterocycles. The van der Waals surface area contributed by atoms with E-state index in [2.05, 4.69) is 21.5 Å². The molecular formula is C17H22N4OS. The van der Waals surface area contributed by atoms with Crippen LogP contribution in [0.1, 0.15) is 64.5 Å². The molecule has 0 aromatic carbocycles. The van der Waals surface area contributed by atoms with Gasteiger partial charge < -0.3 is 4.90 Å². The van der Waals surface area contributed by atoms with Crippen LogP contribution < -0.4 is 0 Å². The van der Waals surface area contributed by atoms with E-state index in [0.717, 1.165) is 42.5 Å². The summed E-state index contributed by atoms with van der Waals surface area (Å²) in [5, 5.41) is 6.58. The summed E-state index contributed by atoms with van der Waals surface area (Å²) in [6.45, 7) is 5.50. The Balaban J connectivity index is 1.53. The summed E-state index contributed by atoms with van der Waals surface area (Å²) in [5.74, 6) is 2.58. The predicted octanol–water partition coefficient (Wildman–Crippen LogP) is 3.31. The topological polar surface area (TPSA) is 51.0 Å². The number of likely N-dealkylation sites (tertiary alicyclic amines) is 1. The normalized spacial score (nSPS) is 21.7. The molecule has 122 valence electrons. The quantitative estimate of drug-likeness (QED) is 0.867. The lowest BCUT2D eigenvalue weighted by Gasteiger charge is -2.33. The van der Waals surface area contributed by atoms with Crippen LogP contribution >= 0.6 is 11.3 Å². The highest BCUT2D eigenvalue weighted by Gasteiger charge is 2.33. The Morgan fingerprint density at radius 2 is 2.13 bits per heavy atom. The van der Waals surface area contributed by atoms with E-state index in [1.165, 1.54) is 18.4 Å². The van der Waals surface area contributed by atoms with Crippen LogP contribution in [0.3, 0.4) is 0 Å². The first-order valence-corrected chi connectivity index (χ1v) is 9.28. The molecule has 1 saturated carbocycles. The number of aryl methyl sites for hydroxylation is 2. The zero-order valence-corrected chi connectivity index (χ0v) is 14.5. The highest BCUT2D eigenvalue weighted by Crippen LogP contribution is 2.43. The fraction of sp³-hybridized carbons (Fsp3) is 0.588. The van der Waals surface area contributed by atoms with Gasteiger partial charge in [0, 0.05) is 13.1 Å². The molecule has 2 aliphatic rings. The van der Waals surface area contributed by atoms with Crippen LogP contribution in [0.5, 0.6) is 0 Å². The van der Waals surface area contributed by atoms with Crippen LogP contribution in [0.25, 0.3) is 0 Å². The average molecular weight is 330 g/mol. The molecule has 1 aliphatic carbocycles. The third kappa shape index (κ3) is 2.80. The zero-order chi connectivity index (χ0) is 16.0. The SMILES string of the molecule is Cc1nc(C)n([C@@H]2CCCN(C(=O)c3sccc3C3CC3)C2)n1. The van der Waals surface area contributed by atoms with Crippen molar-refractivity contribution in [1.29, 1.82) is 0 Å². The number of hydrogen-bond donors (Lipinski definition) is 0. The van der Waals surface area contributed by atoms with Crippen LogP contribution in [0, 0.1) is 13.8 Å². The monoisotopic (exact) mass is 330 g/mol. The van der Waals surface area contributed by atoms with Gasteiger partial charge in [-0.05, 0) is 62.5 Å². The number of carbonyl (C=O) groups is 1. The van der Waals surface area contributed by atoms with Crippen molar-refractivity contribution < 1.29 is 4.79 Å². The second-order valence-electron chi connectivity index (χ2n) is 6.68. The number of aromatic nitrogens is 3. The molecule has 1 aliphatic heterocycles. The van der Waals surface area contributed by atoms with Gasteiger partial charge in [-0.1, -0.05) is 0 Å². The van der Waals surface area contributed by atoms with Crippen LogP contribution in [-0.4, -0.2) is 38.7 Å². The van der Waals surface area contributed by atoms with Crippen molar-refractivity contribution >= 4 is 17.2 Å². The van der Waals surface area contributed by atoms with Gasteiger partial charge in [-0.15, -0.1) is 11.3 Å². The average Bonchev–Trinajstić information content (AvgIpc) is 3.18. The lowest BCUT2D eigenvalue weighted by molar-refractivity contribution is 0.0675. The van der Waals surface area contributed by atoms with Gasteiger partial charge in [0.25, 0.3) is 5.91 Å². The minimum atomic E-state index is 0.209. The number of rotatable bonds is 3. The molecule has 0 bridgehead atoms. The summed E-state index contributed by atoms with van der Waals surface area (Å²) in [7, 11) is 0. The van der Waals surface area contributed by atoms with Crippen molar-refractivity contribution in [3.63, 3.8) is 0 Å². The molecule has 0 radical (unpaired) electrons. The Morgan fingerprint density at radius 3 is 2.83 bits per heavy atom. The van der Waals surface area contributed by atoms with Crippen LogP contribution in [-0.2, 0) is 0 Å². The van der Waals surface area contributed by atoms with Gasteiger partial charge in [-0.3, -0.25) is 4.79 Å². The molecular weight excluding hydrogens is 308 g/mol. The molecule has 4 rings (SSSR count). The van der Waals surface area contributed by atoms with Gasteiger partial charge in [0.05, 0.1) is 10.9 Å². The molecule has 1 saturated heterocycles. The van der Waals surface area contributed by atoms with E-state index >= 15 is 0 Å². The second kappa shape index (κ2) is 5.74. The fourth-order valence-corrected chi connectivity index (χ4v) is 4.52. The van der Waals surface area contributed by atoms with E-state index in [-0.39, 0.29) is 11.9 Å². The zero-order valence-electron chi connectivity index (χ0n) is 13.7. The van der Waals surface area contributed by atoms with E-state index in [1.807, 2.05) is 23.4 Å². The van der Waals surface area contributed by atoms with Crippen molar-refractivity contribution in [1.82, 2.24) is 19.7 Å². The van der Waals surface area contributed by atoms with Gasteiger partial charge in [0.2, 0.25) is 0 Å². The van der Waals surface area contributed by atoms with E-state index in [1.54, 1.807) is 11.3 Å². The smallest absolute Gasteiger partial charge is 0.264 e. The van der Waals surface area contributed by atoms with Gasteiger partial charge >= 0.3 is 0 Å². The Bertz CT molecular complexity index is 731. The van der Waals surface area contributed by atoms with Crippen LogP contribution in [0.15, 0.2) is 11.4 Å². The largest absolute Gasteiger partial charge is 0.336 e. The maximum absolute atomic E-state index is 13.0. The fourth-order valence-electron chi connectivity index (χ4n) is 3.57. The Morgan fingerprint density at radius 1 is 1.30 bits per heavy atom. The summed E-state index contributed by atoms with van der Waals surface area (Å²) in [6, 6.07) is 2.39. The van der Waals surface area contributed by atoms with E-state index in [4.69, 9.17) is 0 Å². The molecule has 0 unspecified atom stereocenters. The molecule has 2 fully saturated rings. The first-order chi connectivity index (χ1) is 11.1. The lowest BCUT2D eigenvalue weighted by Crippen LogP contribution is -2.41. The number of carbonyl (C=O) groups excluding carboxylic acids is 1. The minimum Gasteiger partial charge on any atom is -0.336 e. The maximum atomic E-state index is 13.0. The summed E-state index contributed by atoms with van der Waals surface area (Å²) in [6.07, 6.45) is 4.56.